The molecule has 1 amide bonds. The summed E-state index contributed by atoms with van der Waals surface area (Å²) in [4.78, 5) is 16.3. The number of hydrogen-bond acceptors (Lipinski definition) is 4. The Balaban J connectivity index is 1.59. The van der Waals surface area contributed by atoms with Gasteiger partial charge in [-0.1, -0.05) is 11.6 Å². The number of halogens is 1. The highest BCUT2D eigenvalue weighted by Crippen LogP contribution is 2.21. The van der Waals surface area contributed by atoms with Gasteiger partial charge in [-0.15, -0.1) is 0 Å². The molecule has 0 aliphatic carbocycles. The summed E-state index contributed by atoms with van der Waals surface area (Å²) in [5, 5.41) is 10.2. The predicted molar refractivity (Wildman–Crippen MR) is 85.8 cm³/mol. The molecule has 2 heterocycles. The molecule has 2 N–H and O–H groups in total. The number of nitrogens with zero attached hydrogens (tertiary/aromatic N) is 2. The van der Waals surface area contributed by atoms with Gasteiger partial charge in [0.2, 0.25) is 11.8 Å². The Kier molecular flexibility index (Phi) is 4.43. The lowest BCUT2D eigenvalue weighted by Crippen LogP contribution is -2.24. The number of nitrogens with one attached hydrogen (secondary N) is 2. The average Bonchev–Trinajstić information content (AvgIpc) is 3.15. The van der Waals surface area contributed by atoms with Gasteiger partial charge in [0, 0.05) is 28.4 Å². The second kappa shape index (κ2) is 6.66. The average molecular weight is 331 g/mol. The van der Waals surface area contributed by atoms with Crippen LogP contribution in [0.4, 0.5) is 0 Å². The Labute approximate surface area is 137 Å². The Morgan fingerprint density at radius 3 is 2.83 bits per heavy atom. The summed E-state index contributed by atoms with van der Waals surface area (Å²) in [6.07, 6.45) is 3.35. The molecule has 0 saturated carbocycles. The zero-order valence-corrected chi connectivity index (χ0v) is 13.2. The molecule has 0 radical (unpaired) electrons. The second-order valence-electron chi connectivity index (χ2n) is 5.12. The van der Waals surface area contributed by atoms with Gasteiger partial charge in [-0.3, -0.25) is 9.89 Å². The molecular weight excluding hydrogens is 316 g/mol. The molecule has 1 aromatic carbocycles. The monoisotopic (exact) mass is 330 g/mol. The standard InChI is InChI=1S/C16H15ClN4O2/c1-10-12(8-19-21-10)7-18-15(22)6-14-9-23-16(20-14)11-2-4-13(17)5-3-11/h2-5,8-9H,6-7H2,1H3,(H,18,22)(H,19,21). The van der Waals surface area contributed by atoms with Gasteiger partial charge in [0.25, 0.3) is 0 Å². The third kappa shape index (κ3) is 3.78. The Morgan fingerprint density at radius 1 is 1.35 bits per heavy atom. The summed E-state index contributed by atoms with van der Waals surface area (Å²) in [5.41, 5.74) is 3.29. The first-order valence-corrected chi connectivity index (χ1v) is 7.45. The van der Waals surface area contributed by atoms with Crippen molar-refractivity contribution >= 4 is 17.5 Å². The van der Waals surface area contributed by atoms with Gasteiger partial charge in [0.1, 0.15) is 6.26 Å². The molecule has 0 unspecified atom stereocenters. The minimum atomic E-state index is -0.124. The van der Waals surface area contributed by atoms with Gasteiger partial charge in [-0.2, -0.15) is 5.10 Å². The number of oxazole rings is 1. The number of aromatic nitrogens is 3. The second-order valence-corrected chi connectivity index (χ2v) is 5.56. The number of rotatable bonds is 5. The van der Waals surface area contributed by atoms with E-state index < -0.39 is 0 Å². The van der Waals surface area contributed by atoms with Crippen LogP contribution in [0.1, 0.15) is 17.0 Å². The van der Waals surface area contributed by atoms with Crippen molar-refractivity contribution in [2.24, 2.45) is 0 Å². The Hall–Kier alpha value is -2.60. The van der Waals surface area contributed by atoms with Crippen LogP contribution in [-0.2, 0) is 17.8 Å². The van der Waals surface area contributed by atoms with Crippen LogP contribution in [0.2, 0.25) is 5.02 Å². The van der Waals surface area contributed by atoms with Gasteiger partial charge in [-0.05, 0) is 31.2 Å². The van der Waals surface area contributed by atoms with E-state index in [0.717, 1.165) is 16.8 Å². The van der Waals surface area contributed by atoms with Crippen LogP contribution in [0, 0.1) is 6.92 Å². The summed E-state index contributed by atoms with van der Waals surface area (Å²) >= 11 is 5.85. The van der Waals surface area contributed by atoms with E-state index in [9.17, 15) is 4.79 Å². The van der Waals surface area contributed by atoms with E-state index in [4.69, 9.17) is 16.0 Å². The molecule has 0 saturated heterocycles. The third-order valence-electron chi connectivity index (χ3n) is 3.39. The van der Waals surface area contributed by atoms with E-state index in [1.165, 1.54) is 6.26 Å². The predicted octanol–water partition coefficient (Wildman–Crippen LogP) is 2.89. The highest BCUT2D eigenvalue weighted by atomic mass is 35.5. The van der Waals surface area contributed by atoms with Crippen LogP contribution in [0.25, 0.3) is 11.5 Å². The molecule has 3 rings (SSSR count). The smallest absolute Gasteiger partial charge is 0.226 e. The fraction of sp³-hybridized carbons (Fsp3) is 0.188. The fourth-order valence-corrected chi connectivity index (χ4v) is 2.21. The van der Waals surface area contributed by atoms with Crippen molar-refractivity contribution in [2.75, 3.05) is 0 Å². The van der Waals surface area contributed by atoms with E-state index in [-0.39, 0.29) is 12.3 Å². The quantitative estimate of drug-likeness (QED) is 0.753. The van der Waals surface area contributed by atoms with Crippen molar-refractivity contribution in [3.05, 3.63) is 58.7 Å². The molecule has 23 heavy (non-hydrogen) atoms. The molecule has 0 atom stereocenters. The van der Waals surface area contributed by atoms with Gasteiger partial charge in [0.05, 0.1) is 18.3 Å². The van der Waals surface area contributed by atoms with Crippen molar-refractivity contribution in [3.63, 3.8) is 0 Å². The number of aryl methyl sites for hydroxylation is 1. The first kappa shape index (κ1) is 15.3. The van der Waals surface area contributed by atoms with E-state index in [1.807, 2.05) is 19.1 Å². The SMILES string of the molecule is Cc1[nH]ncc1CNC(=O)Cc1coc(-c2ccc(Cl)cc2)n1. The molecule has 7 heteroatoms. The molecule has 0 bridgehead atoms. The molecule has 2 aromatic heterocycles. The normalized spacial score (nSPS) is 10.7. The van der Waals surface area contributed by atoms with Crippen molar-refractivity contribution < 1.29 is 9.21 Å². The minimum absolute atomic E-state index is 0.124. The van der Waals surface area contributed by atoms with Crippen LogP contribution in [0.3, 0.4) is 0 Å². The summed E-state index contributed by atoms with van der Waals surface area (Å²) in [6.45, 7) is 2.34. The van der Waals surface area contributed by atoms with Crippen molar-refractivity contribution in [1.82, 2.24) is 20.5 Å². The van der Waals surface area contributed by atoms with Gasteiger partial charge in [-0.25, -0.2) is 4.98 Å². The zero-order valence-electron chi connectivity index (χ0n) is 12.5. The van der Waals surface area contributed by atoms with Crippen LogP contribution >= 0.6 is 11.6 Å². The van der Waals surface area contributed by atoms with E-state index in [1.54, 1.807) is 18.3 Å². The van der Waals surface area contributed by atoms with Crippen LogP contribution in [-0.4, -0.2) is 21.1 Å². The number of carbonyl (C=O) groups excluding carboxylic acids is 1. The highest BCUT2D eigenvalue weighted by Gasteiger charge is 2.11. The lowest BCUT2D eigenvalue weighted by Gasteiger charge is -2.02. The zero-order chi connectivity index (χ0) is 16.2. The number of amides is 1. The summed E-state index contributed by atoms with van der Waals surface area (Å²) in [7, 11) is 0. The molecule has 0 spiro atoms. The van der Waals surface area contributed by atoms with Gasteiger partial charge >= 0.3 is 0 Å². The minimum Gasteiger partial charge on any atom is -0.444 e. The molecular formula is C16H15ClN4O2. The van der Waals surface area contributed by atoms with E-state index >= 15 is 0 Å². The summed E-state index contributed by atoms with van der Waals surface area (Å²) in [6, 6.07) is 7.17. The third-order valence-corrected chi connectivity index (χ3v) is 3.65. The van der Waals surface area contributed by atoms with Crippen molar-refractivity contribution in [3.8, 4) is 11.5 Å². The number of hydrogen-bond donors (Lipinski definition) is 2. The molecule has 3 aromatic rings. The number of carbonyl (C=O) groups is 1. The maximum atomic E-state index is 12.0. The lowest BCUT2D eigenvalue weighted by molar-refractivity contribution is -0.120. The molecule has 0 aliphatic rings. The van der Waals surface area contributed by atoms with E-state index in [0.29, 0.717) is 23.2 Å². The highest BCUT2D eigenvalue weighted by molar-refractivity contribution is 6.30. The van der Waals surface area contributed by atoms with Crippen LogP contribution in [0.5, 0.6) is 0 Å². The first-order chi connectivity index (χ1) is 11.1. The van der Waals surface area contributed by atoms with Crippen molar-refractivity contribution in [2.45, 2.75) is 19.9 Å². The number of aromatic amines is 1. The van der Waals surface area contributed by atoms with Gasteiger partial charge in [0.15, 0.2) is 0 Å². The van der Waals surface area contributed by atoms with Crippen molar-refractivity contribution in [1.29, 1.82) is 0 Å². The summed E-state index contributed by atoms with van der Waals surface area (Å²) < 4.78 is 5.41. The molecule has 0 fully saturated rings. The lowest BCUT2D eigenvalue weighted by atomic mass is 10.2. The van der Waals surface area contributed by atoms with Crippen LogP contribution in [0.15, 0.2) is 41.1 Å². The maximum Gasteiger partial charge on any atom is 0.226 e. The topological polar surface area (TPSA) is 83.8 Å². The Bertz CT molecular complexity index is 808. The fourth-order valence-electron chi connectivity index (χ4n) is 2.09. The molecule has 6 nitrogen and oxygen atoms in total. The number of benzene rings is 1. The number of H-pyrrole nitrogens is 1. The largest absolute Gasteiger partial charge is 0.444 e. The van der Waals surface area contributed by atoms with Gasteiger partial charge < -0.3 is 9.73 Å². The van der Waals surface area contributed by atoms with Crippen LogP contribution < -0.4 is 5.32 Å². The molecule has 118 valence electrons. The Morgan fingerprint density at radius 2 is 2.13 bits per heavy atom. The molecule has 0 aliphatic heterocycles. The first-order valence-electron chi connectivity index (χ1n) is 7.07. The van der Waals surface area contributed by atoms with E-state index in [2.05, 4.69) is 20.5 Å². The maximum absolute atomic E-state index is 12.0. The summed E-state index contributed by atoms with van der Waals surface area (Å²) in [5.74, 6) is 0.344.